The second kappa shape index (κ2) is 22.2. The van der Waals surface area contributed by atoms with Gasteiger partial charge >= 0.3 is 12.1 Å². The number of rotatable bonds is 13. The van der Waals surface area contributed by atoms with E-state index in [0.717, 1.165) is 11.1 Å². The average Bonchev–Trinajstić information content (AvgIpc) is 3.26. The summed E-state index contributed by atoms with van der Waals surface area (Å²) in [6, 6.07) is 14.0. The molecule has 4 bridgehead atoms. The Labute approximate surface area is 406 Å². The minimum Gasteiger partial charge on any atom is -0.508 e. The summed E-state index contributed by atoms with van der Waals surface area (Å²) in [5, 5.41) is 16.6. The molecule has 69 heavy (non-hydrogen) atoms. The molecule has 1 aliphatic rings. The van der Waals surface area contributed by atoms with E-state index in [2.05, 4.69) is 31.4 Å². The van der Waals surface area contributed by atoms with Gasteiger partial charge in [0.25, 0.3) is 0 Å². The number of phenolic OH excluding ortho intramolecular Hbond substituents is 1. The summed E-state index contributed by atoms with van der Waals surface area (Å²) in [7, 11) is 2.68. The van der Waals surface area contributed by atoms with Crippen LogP contribution in [-0.4, -0.2) is 94.4 Å². The van der Waals surface area contributed by atoms with Crippen molar-refractivity contribution in [2.75, 3.05) is 27.3 Å². The molecule has 0 spiro atoms. The second-order valence-corrected chi connectivity index (χ2v) is 20.1. The van der Waals surface area contributed by atoms with Crippen molar-refractivity contribution in [2.24, 2.45) is 11.8 Å². The van der Waals surface area contributed by atoms with Crippen molar-refractivity contribution in [3.8, 4) is 34.0 Å². The largest absolute Gasteiger partial charge is 0.508 e. The number of likely N-dealkylation sites (N-methyl/N-ethyl adjacent to an activating group) is 1. The number of Topliss-reactive ketones (excluding diaryl/α,β-unsaturated/α-hetero) is 2. The van der Waals surface area contributed by atoms with Gasteiger partial charge in [-0.3, -0.25) is 19.2 Å². The van der Waals surface area contributed by atoms with Crippen LogP contribution in [0.3, 0.4) is 0 Å². The number of ether oxygens (including phenoxy) is 3. The quantitative estimate of drug-likeness (QED) is 0.0852. The summed E-state index contributed by atoms with van der Waals surface area (Å²) < 4.78 is 16.7. The molecule has 4 atom stereocenters. The van der Waals surface area contributed by atoms with Crippen molar-refractivity contribution in [3.05, 3.63) is 93.8 Å². The molecule has 0 radical (unpaired) electrons. The number of hydrogen-bond acceptors (Lipinski definition) is 12. The molecule has 4 aromatic rings. The normalized spacial score (nSPS) is 16.9. The number of fused-ring (bicyclic) bond motifs is 5. The molecule has 0 fully saturated rings. The van der Waals surface area contributed by atoms with Crippen molar-refractivity contribution in [2.45, 2.75) is 131 Å². The second-order valence-electron chi connectivity index (χ2n) is 20.1. The van der Waals surface area contributed by atoms with Crippen LogP contribution < -0.4 is 15.4 Å². The Morgan fingerprint density at radius 2 is 1.57 bits per heavy atom. The lowest BCUT2D eigenvalue weighted by molar-refractivity contribution is -0.146. The van der Waals surface area contributed by atoms with E-state index in [4.69, 9.17) is 24.2 Å². The number of amides is 3. The number of nitrogens with zero attached hydrogens (tertiary/aromatic N) is 3. The molecule has 5 rings (SSSR count). The summed E-state index contributed by atoms with van der Waals surface area (Å²) in [5.41, 5.74) is 4.82. The van der Waals surface area contributed by atoms with Gasteiger partial charge in [0, 0.05) is 55.8 Å². The van der Waals surface area contributed by atoms with Crippen LogP contribution in [0.4, 0.5) is 4.79 Å². The van der Waals surface area contributed by atoms with E-state index >= 15 is 4.79 Å². The molecule has 0 aliphatic carbocycles. The predicted molar refractivity (Wildman–Crippen MR) is 263 cm³/mol. The molecule has 1 aliphatic heterocycles. The molecule has 0 saturated carbocycles. The number of methoxy groups -OCH3 is 1. The smallest absolute Gasteiger partial charge is 0.407 e. The minimum absolute atomic E-state index is 0.00945. The van der Waals surface area contributed by atoms with E-state index < -0.39 is 65.0 Å². The summed E-state index contributed by atoms with van der Waals surface area (Å²) in [5.74, 6) is -4.02. The number of carbonyl (C=O) groups is 6. The van der Waals surface area contributed by atoms with Crippen LogP contribution in [0.2, 0.25) is 0 Å². The third kappa shape index (κ3) is 13.3. The number of hydrogen-bond donors (Lipinski definition) is 3. The number of nitrogens with one attached hydrogen (secondary N) is 2. The highest BCUT2D eigenvalue weighted by molar-refractivity contribution is 6.01. The molecule has 1 aromatic heterocycles. The van der Waals surface area contributed by atoms with Crippen LogP contribution in [0.1, 0.15) is 131 Å². The van der Waals surface area contributed by atoms with E-state index in [1.165, 1.54) is 19.1 Å². The van der Waals surface area contributed by atoms with Crippen LogP contribution in [-0.2, 0) is 40.5 Å². The van der Waals surface area contributed by atoms with Gasteiger partial charge in [-0.15, -0.1) is 0 Å². The van der Waals surface area contributed by atoms with Gasteiger partial charge in [-0.2, -0.15) is 0 Å². The Bertz CT molecular complexity index is 2550. The van der Waals surface area contributed by atoms with E-state index in [9.17, 15) is 29.1 Å². The summed E-state index contributed by atoms with van der Waals surface area (Å²) in [6.45, 7) is 20.7. The Morgan fingerprint density at radius 3 is 2.16 bits per heavy atom. The Morgan fingerprint density at radius 1 is 0.913 bits per heavy atom. The van der Waals surface area contributed by atoms with Gasteiger partial charge in [-0.1, -0.05) is 65.0 Å². The van der Waals surface area contributed by atoms with Gasteiger partial charge in [-0.05, 0) is 112 Å². The van der Waals surface area contributed by atoms with Crippen LogP contribution in [0.5, 0.6) is 11.5 Å². The third-order valence-corrected chi connectivity index (χ3v) is 12.2. The Kier molecular flexibility index (Phi) is 17.2. The number of carbonyl (C=O) groups excluding carboxylic acids is 6. The molecule has 15 nitrogen and oxygen atoms in total. The number of alkyl carbamates (subject to hydrolysis) is 1. The van der Waals surface area contributed by atoms with Crippen LogP contribution >= 0.6 is 0 Å². The topological polar surface area (TPSA) is 203 Å². The van der Waals surface area contributed by atoms with Crippen molar-refractivity contribution in [1.82, 2.24) is 25.5 Å². The number of phenols is 1. The van der Waals surface area contributed by atoms with Gasteiger partial charge in [0.15, 0.2) is 17.4 Å². The summed E-state index contributed by atoms with van der Waals surface area (Å²) >= 11 is 0. The first kappa shape index (κ1) is 53.3. The zero-order valence-corrected chi connectivity index (χ0v) is 42.4. The number of benzene rings is 3. The zero-order chi connectivity index (χ0) is 51.1. The monoisotopic (exact) mass is 948 g/mol. The highest BCUT2D eigenvalue weighted by Crippen LogP contribution is 2.40. The SMILES string of the molecule is CCCOc1ccc2cc1-c1cc(c(O)cc1C)C[C@@H](C(=O)OC)NC(=O)[C@H](C)CC(=O)[C@H]2N(C)C(=O)[C@H](CCNC(=O)OC(C)(C)C)CC(=O)c1c(C)nc(-c2ccc(C(C)(C)C)cc2)nc1C. The standard InChI is InChI=1S/C54H69N5O10/c1-14-23-68-45-20-17-35-26-40(45)39-27-37(42(60)24-30(39)2)28-41(51(65)67-13)58-49(63)31(3)25-44(62)47(35)59(12)50(64)36(21-22-55-52(66)69-54(9,10)11)29-43(61)46-32(4)56-48(57-33(46)5)34-15-18-38(19-16-34)53(6,7)8/h15-20,24,26-27,31,36,41,47,60H,14,21-23,25,28-29H2,1-13H3,(H,55,66)(H,58,63)/t31-,36-,41+,47+/m1/s1. The van der Waals surface area contributed by atoms with Crippen molar-refractivity contribution in [3.63, 3.8) is 0 Å². The molecule has 0 unspecified atom stereocenters. The zero-order valence-electron chi connectivity index (χ0n) is 42.4. The highest BCUT2D eigenvalue weighted by atomic mass is 16.6. The number of aromatic hydroxyl groups is 1. The number of aromatic nitrogens is 2. The maximum atomic E-state index is 15.1. The fourth-order valence-electron chi connectivity index (χ4n) is 8.54. The molecule has 15 heteroatoms. The lowest BCUT2D eigenvalue weighted by Gasteiger charge is -2.32. The molecular formula is C54H69N5O10. The molecule has 0 saturated heterocycles. The molecular weight excluding hydrogens is 879 g/mol. The van der Waals surface area contributed by atoms with Crippen LogP contribution in [0.25, 0.3) is 22.5 Å². The first-order chi connectivity index (χ1) is 32.3. The fourth-order valence-corrected chi connectivity index (χ4v) is 8.54. The van der Waals surface area contributed by atoms with E-state index in [1.807, 2.05) is 31.2 Å². The minimum atomic E-state index is -1.28. The van der Waals surface area contributed by atoms with Crippen LogP contribution in [0, 0.1) is 32.6 Å². The van der Waals surface area contributed by atoms with Crippen molar-refractivity contribution in [1.29, 1.82) is 0 Å². The van der Waals surface area contributed by atoms with Crippen LogP contribution in [0.15, 0.2) is 54.6 Å². The maximum Gasteiger partial charge on any atom is 0.407 e. The third-order valence-electron chi connectivity index (χ3n) is 12.2. The van der Waals surface area contributed by atoms with Gasteiger partial charge in [0.05, 0.1) is 30.7 Å². The Balaban J connectivity index is 1.60. The van der Waals surface area contributed by atoms with Gasteiger partial charge in [-0.25, -0.2) is 19.6 Å². The summed E-state index contributed by atoms with van der Waals surface area (Å²) in [6.07, 6.45) is -0.777. The lowest BCUT2D eigenvalue weighted by Crippen LogP contribution is -2.46. The summed E-state index contributed by atoms with van der Waals surface area (Å²) in [4.78, 5) is 94.9. The number of aryl methyl sites for hydroxylation is 3. The van der Waals surface area contributed by atoms with Gasteiger partial charge in [0.2, 0.25) is 11.8 Å². The first-order valence-electron chi connectivity index (χ1n) is 23.6. The van der Waals surface area contributed by atoms with E-state index in [-0.39, 0.29) is 49.0 Å². The van der Waals surface area contributed by atoms with Crippen molar-refractivity contribution >= 4 is 35.4 Å². The lowest BCUT2D eigenvalue weighted by atomic mass is 9.86. The number of esters is 1. The first-order valence-corrected chi connectivity index (χ1v) is 23.6. The average molecular weight is 948 g/mol. The van der Waals surface area contributed by atoms with E-state index in [1.54, 1.807) is 78.8 Å². The van der Waals surface area contributed by atoms with Gasteiger partial charge < -0.3 is 34.9 Å². The molecule has 3 N–H and O–H groups in total. The van der Waals surface area contributed by atoms with Gasteiger partial charge in [0.1, 0.15) is 29.2 Å². The molecule has 370 valence electrons. The Hall–Kier alpha value is -6.64. The fraction of sp³-hybridized carbons (Fsp3) is 0.481. The highest BCUT2D eigenvalue weighted by Gasteiger charge is 2.37. The van der Waals surface area contributed by atoms with Crippen molar-refractivity contribution < 1.29 is 48.1 Å². The molecule has 2 heterocycles. The predicted octanol–water partition coefficient (Wildman–Crippen LogP) is 8.64. The number of ketones is 2. The maximum absolute atomic E-state index is 15.1. The van der Waals surface area contributed by atoms with E-state index in [0.29, 0.717) is 63.8 Å². The molecule has 3 amide bonds. The molecule has 3 aromatic carbocycles.